The van der Waals surface area contributed by atoms with Gasteiger partial charge in [-0.3, -0.25) is 4.79 Å². The number of carbonyl (C=O) groups is 1. The van der Waals surface area contributed by atoms with Crippen LogP contribution in [0.1, 0.15) is 39.0 Å². The molecule has 0 saturated heterocycles. The molecule has 0 saturated carbocycles. The monoisotopic (exact) mass is 452 g/mol. The second-order valence-electron chi connectivity index (χ2n) is 7.47. The summed E-state index contributed by atoms with van der Waals surface area (Å²) in [6.45, 7) is 0.379. The van der Waals surface area contributed by atoms with Crippen molar-refractivity contribution >= 4 is 35.1 Å². The van der Waals surface area contributed by atoms with Crippen LogP contribution in [-0.2, 0) is 19.4 Å². The summed E-state index contributed by atoms with van der Waals surface area (Å²) in [5.41, 5.74) is 5.07. The van der Waals surface area contributed by atoms with Gasteiger partial charge in [0.05, 0.1) is 17.2 Å². The molecule has 0 amide bonds. The van der Waals surface area contributed by atoms with E-state index >= 15 is 0 Å². The molecular weight excluding hydrogens is 431 g/mol. The van der Waals surface area contributed by atoms with Crippen LogP contribution < -0.4 is 9.47 Å². The average molecular weight is 453 g/mol. The smallest absolute Gasteiger partial charge is 0.185 e. The molecule has 0 bridgehead atoms. The van der Waals surface area contributed by atoms with Gasteiger partial charge in [0, 0.05) is 11.1 Å². The van der Waals surface area contributed by atoms with Crippen LogP contribution in [0.4, 0.5) is 0 Å². The summed E-state index contributed by atoms with van der Waals surface area (Å²) >= 11 is 11.9. The number of methoxy groups -OCH3 is 1. The van der Waals surface area contributed by atoms with Crippen molar-refractivity contribution in [3.63, 3.8) is 0 Å². The third kappa shape index (κ3) is 5.12. The SMILES string of the molecule is COc1ccc(/C=C/C(=O)c2ccc(Cl)c(Cl)c2)cc1COc1ccc2c(c1)CCC2. The summed E-state index contributed by atoms with van der Waals surface area (Å²) in [6.07, 6.45) is 6.76. The Morgan fingerprint density at radius 2 is 1.81 bits per heavy atom. The minimum atomic E-state index is -0.148. The molecule has 3 nitrogen and oxygen atoms in total. The Labute approximate surface area is 192 Å². The number of allylic oxidation sites excluding steroid dienone is 1. The van der Waals surface area contributed by atoms with Crippen LogP contribution in [0.3, 0.4) is 0 Å². The van der Waals surface area contributed by atoms with Crippen molar-refractivity contribution in [1.29, 1.82) is 0 Å². The Morgan fingerprint density at radius 1 is 0.968 bits per heavy atom. The van der Waals surface area contributed by atoms with Gasteiger partial charge in [-0.25, -0.2) is 0 Å². The molecule has 1 aliphatic carbocycles. The number of carbonyl (C=O) groups excluding carboxylic acids is 1. The van der Waals surface area contributed by atoms with E-state index in [1.54, 1.807) is 31.4 Å². The number of hydrogen-bond acceptors (Lipinski definition) is 3. The standard InChI is InChI=1S/C26H22Cl2O3/c1-30-26-12-6-17(5-11-25(29)20-8-10-23(27)24(28)15-20)13-21(26)16-31-22-9-7-18-3-2-4-19(18)14-22/h5-15H,2-4,16H2,1H3/b11-5+. The maximum atomic E-state index is 12.5. The van der Waals surface area contributed by atoms with E-state index in [0.717, 1.165) is 35.5 Å². The summed E-state index contributed by atoms with van der Waals surface area (Å²) in [6, 6.07) is 16.9. The predicted octanol–water partition coefficient (Wildman–Crippen LogP) is 6.97. The lowest BCUT2D eigenvalue weighted by Gasteiger charge is -2.12. The molecule has 31 heavy (non-hydrogen) atoms. The third-order valence-electron chi connectivity index (χ3n) is 5.40. The Bertz CT molecular complexity index is 1150. The lowest BCUT2D eigenvalue weighted by Crippen LogP contribution is -2.00. The first-order valence-electron chi connectivity index (χ1n) is 10.1. The van der Waals surface area contributed by atoms with Crippen molar-refractivity contribution < 1.29 is 14.3 Å². The van der Waals surface area contributed by atoms with Gasteiger partial charge >= 0.3 is 0 Å². The van der Waals surface area contributed by atoms with Crippen molar-refractivity contribution in [2.45, 2.75) is 25.9 Å². The molecule has 3 aromatic rings. The second-order valence-corrected chi connectivity index (χ2v) is 8.28. The lowest BCUT2D eigenvalue weighted by atomic mass is 10.1. The van der Waals surface area contributed by atoms with E-state index in [2.05, 4.69) is 12.1 Å². The Morgan fingerprint density at radius 3 is 2.61 bits per heavy atom. The van der Waals surface area contributed by atoms with Crippen molar-refractivity contribution in [2.24, 2.45) is 0 Å². The highest BCUT2D eigenvalue weighted by molar-refractivity contribution is 6.42. The Hall–Kier alpha value is -2.75. The normalized spacial score (nSPS) is 12.7. The number of hydrogen-bond donors (Lipinski definition) is 0. The summed E-state index contributed by atoms with van der Waals surface area (Å²) < 4.78 is 11.5. The van der Waals surface area contributed by atoms with Gasteiger partial charge in [0.2, 0.25) is 0 Å². The molecule has 5 heteroatoms. The zero-order valence-electron chi connectivity index (χ0n) is 17.2. The zero-order chi connectivity index (χ0) is 21.8. The van der Waals surface area contributed by atoms with Crippen molar-refractivity contribution in [2.75, 3.05) is 7.11 Å². The summed E-state index contributed by atoms with van der Waals surface area (Å²) in [5, 5.41) is 0.779. The molecule has 0 unspecified atom stereocenters. The molecule has 0 radical (unpaired) electrons. The minimum Gasteiger partial charge on any atom is -0.496 e. The third-order valence-corrected chi connectivity index (χ3v) is 6.14. The summed E-state index contributed by atoms with van der Waals surface area (Å²) in [4.78, 5) is 12.5. The largest absolute Gasteiger partial charge is 0.496 e. The topological polar surface area (TPSA) is 35.5 Å². The molecule has 0 spiro atoms. The first kappa shape index (κ1) is 21.5. The van der Waals surface area contributed by atoms with Gasteiger partial charge in [-0.15, -0.1) is 0 Å². The van der Waals surface area contributed by atoms with Crippen molar-refractivity contribution in [3.8, 4) is 11.5 Å². The maximum absolute atomic E-state index is 12.5. The van der Waals surface area contributed by atoms with Crippen LogP contribution in [0.15, 0.2) is 60.7 Å². The highest BCUT2D eigenvalue weighted by atomic mass is 35.5. The van der Waals surface area contributed by atoms with E-state index < -0.39 is 0 Å². The molecule has 0 heterocycles. The minimum absolute atomic E-state index is 0.148. The van der Waals surface area contributed by atoms with Gasteiger partial charge in [0.1, 0.15) is 18.1 Å². The van der Waals surface area contributed by atoms with Gasteiger partial charge in [-0.1, -0.05) is 41.4 Å². The first-order valence-corrected chi connectivity index (χ1v) is 10.9. The van der Waals surface area contributed by atoms with Crippen LogP contribution in [0.5, 0.6) is 11.5 Å². The van der Waals surface area contributed by atoms with Crippen LogP contribution in [-0.4, -0.2) is 12.9 Å². The Balaban J connectivity index is 1.48. The summed E-state index contributed by atoms with van der Waals surface area (Å²) in [7, 11) is 1.64. The highest BCUT2D eigenvalue weighted by Crippen LogP contribution is 2.28. The predicted molar refractivity (Wildman–Crippen MR) is 126 cm³/mol. The molecule has 0 N–H and O–H groups in total. The van der Waals surface area contributed by atoms with E-state index in [1.807, 2.05) is 24.3 Å². The van der Waals surface area contributed by atoms with Crippen LogP contribution in [0.25, 0.3) is 6.08 Å². The van der Waals surface area contributed by atoms with Gasteiger partial charge in [0.25, 0.3) is 0 Å². The lowest BCUT2D eigenvalue weighted by molar-refractivity contribution is 0.104. The molecule has 0 fully saturated rings. The van der Waals surface area contributed by atoms with E-state index in [-0.39, 0.29) is 5.78 Å². The van der Waals surface area contributed by atoms with Gasteiger partial charge < -0.3 is 9.47 Å². The van der Waals surface area contributed by atoms with Crippen LogP contribution >= 0.6 is 23.2 Å². The molecule has 4 rings (SSSR count). The zero-order valence-corrected chi connectivity index (χ0v) is 18.7. The fraction of sp³-hybridized carbons (Fsp3) is 0.192. The maximum Gasteiger partial charge on any atom is 0.185 e. The van der Waals surface area contributed by atoms with E-state index in [0.29, 0.717) is 22.2 Å². The van der Waals surface area contributed by atoms with Crippen molar-refractivity contribution in [3.05, 3.63) is 98.5 Å². The average Bonchev–Trinajstić information content (AvgIpc) is 3.26. The molecule has 158 valence electrons. The number of rotatable bonds is 7. The first-order chi connectivity index (χ1) is 15.0. The molecule has 0 aromatic heterocycles. The molecule has 3 aromatic carbocycles. The molecule has 0 aliphatic heterocycles. The second kappa shape index (κ2) is 9.59. The highest BCUT2D eigenvalue weighted by Gasteiger charge is 2.12. The van der Waals surface area contributed by atoms with E-state index in [4.69, 9.17) is 32.7 Å². The quantitative estimate of drug-likeness (QED) is 0.286. The number of ketones is 1. The van der Waals surface area contributed by atoms with Gasteiger partial charge in [-0.05, 0) is 84.5 Å². The fourth-order valence-corrected chi connectivity index (χ4v) is 4.03. The molecule has 0 atom stereocenters. The van der Waals surface area contributed by atoms with Gasteiger partial charge in [0.15, 0.2) is 5.78 Å². The number of halogens is 2. The summed E-state index contributed by atoms with van der Waals surface area (Å²) in [5.74, 6) is 1.46. The van der Waals surface area contributed by atoms with Gasteiger partial charge in [-0.2, -0.15) is 0 Å². The number of benzene rings is 3. The van der Waals surface area contributed by atoms with E-state index in [1.165, 1.54) is 23.6 Å². The molecular formula is C26H22Cl2O3. The number of ether oxygens (including phenoxy) is 2. The molecule has 1 aliphatic rings. The number of aryl methyl sites for hydroxylation is 2. The van der Waals surface area contributed by atoms with Crippen LogP contribution in [0.2, 0.25) is 10.0 Å². The Kier molecular flexibility index (Phi) is 6.64. The number of fused-ring (bicyclic) bond motifs is 1. The fourth-order valence-electron chi connectivity index (χ4n) is 3.73. The van der Waals surface area contributed by atoms with Crippen molar-refractivity contribution in [1.82, 2.24) is 0 Å². The van der Waals surface area contributed by atoms with E-state index in [9.17, 15) is 4.79 Å². The van der Waals surface area contributed by atoms with Crippen LogP contribution in [0, 0.1) is 0 Å².